The zero-order valence-electron chi connectivity index (χ0n) is 10.7. The second kappa shape index (κ2) is 5.30. The maximum atomic E-state index is 11.8. The Labute approximate surface area is 106 Å². The molecule has 1 unspecified atom stereocenters. The van der Waals surface area contributed by atoms with Gasteiger partial charge in [-0.15, -0.1) is 0 Å². The molecule has 0 bridgehead atoms. The van der Waals surface area contributed by atoms with E-state index in [0.717, 1.165) is 12.1 Å². The lowest BCUT2D eigenvalue weighted by molar-refractivity contribution is -0.148. The molecule has 18 heavy (non-hydrogen) atoms. The van der Waals surface area contributed by atoms with Crippen molar-refractivity contribution in [2.75, 3.05) is 7.05 Å². The number of aromatic nitrogens is 2. The predicted octanol–water partition coefficient (Wildman–Crippen LogP) is 0.140. The number of carbonyl (C=O) groups is 2. The first-order chi connectivity index (χ1) is 8.61. The van der Waals surface area contributed by atoms with Gasteiger partial charge in [-0.1, -0.05) is 0 Å². The van der Waals surface area contributed by atoms with E-state index in [1.165, 1.54) is 11.9 Å². The number of hydrogen-bond acceptors (Lipinski definition) is 4. The van der Waals surface area contributed by atoms with E-state index in [9.17, 15) is 9.59 Å². The topological polar surface area (TPSA) is 67.2 Å². The number of piperidine rings is 1. The molecule has 6 nitrogen and oxygen atoms in total. The van der Waals surface area contributed by atoms with Crippen molar-refractivity contribution in [3.05, 3.63) is 18.0 Å². The highest BCUT2D eigenvalue weighted by Crippen LogP contribution is 2.12. The summed E-state index contributed by atoms with van der Waals surface area (Å²) < 4.78 is 1.84. The van der Waals surface area contributed by atoms with Crippen LogP contribution in [0.2, 0.25) is 0 Å². The molecule has 1 fully saturated rings. The normalized spacial score (nSPS) is 20.6. The van der Waals surface area contributed by atoms with Gasteiger partial charge in [0.1, 0.15) is 0 Å². The highest BCUT2D eigenvalue weighted by atomic mass is 16.2. The van der Waals surface area contributed by atoms with Crippen molar-refractivity contribution in [2.45, 2.75) is 38.9 Å². The monoisotopic (exact) mass is 250 g/mol. The first-order valence-electron chi connectivity index (χ1n) is 6.17. The molecule has 0 aromatic carbocycles. The van der Waals surface area contributed by atoms with Gasteiger partial charge >= 0.3 is 0 Å². The Balaban J connectivity index is 1.90. The molecule has 2 heterocycles. The van der Waals surface area contributed by atoms with Crippen LogP contribution in [0.5, 0.6) is 0 Å². The van der Waals surface area contributed by atoms with Gasteiger partial charge in [0.05, 0.1) is 12.2 Å². The largest absolute Gasteiger partial charge is 0.302 e. The van der Waals surface area contributed by atoms with Gasteiger partial charge < -0.3 is 5.32 Å². The molecule has 2 rings (SSSR count). The summed E-state index contributed by atoms with van der Waals surface area (Å²) in [5.41, 5.74) is 1.05. The van der Waals surface area contributed by atoms with E-state index < -0.39 is 0 Å². The molecular weight excluding hydrogens is 232 g/mol. The van der Waals surface area contributed by atoms with Crippen LogP contribution in [0.15, 0.2) is 12.4 Å². The van der Waals surface area contributed by atoms with Crippen LogP contribution < -0.4 is 5.32 Å². The molecule has 0 saturated carbocycles. The Morgan fingerprint density at radius 1 is 1.50 bits per heavy atom. The van der Waals surface area contributed by atoms with Crippen LogP contribution >= 0.6 is 0 Å². The molecule has 1 atom stereocenters. The summed E-state index contributed by atoms with van der Waals surface area (Å²) in [6.45, 7) is 3.45. The summed E-state index contributed by atoms with van der Waals surface area (Å²) in [5.74, 6) is -0.244. The summed E-state index contributed by atoms with van der Waals surface area (Å²) in [5, 5.41) is 7.35. The van der Waals surface area contributed by atoms with Crippen molar-refractivity contribution >= 4 is 11.8 Å². The molecule has 98 valence electrons. The molecular formula is C12H18N4O2. The average Bonchev–Trinajstić information content (AvgIpc) is 2.83. The minimum absolute atomic E-state index is 0.100. The number of imide groups is 1. The van der Waals surface area contributed by atoms with Crippen molar-refractivity contribution < 1.29 is 9.59 Å². The van der Waals surface area contributed by atoms with Crippen molar-refractivity contribution in [3.63, 3.8) is 0 Å². The van der Waals surface area contributed by atoms with E-state index in [2.05, 4.69) is 10.4 Å². The van der Waals surface area contributed by atoms with Crippen molar-refractivity contribution in [1.82, 2.24) is 20.0 Å². The number of hydrogen-bond donors (Lipinski definition) is 1. The van der Waals surface area contributed by atoms with Crippen LogP contribution in [0.1, 0.15) is 25.3 Å². The lowest BCUT2D eigenvalue weighted by Crippen LogP contribution is -2.51. The van der Waals surface area contributed by atoms with Crippen LogP contribution in [0.25, 0.3) is 0 Å². The van der Waals surface area contributed by atoms with Gasteiger partial charge in [0.2, 0.25) is 11.8 Å². The van der Waals surface area contributed by atoms with Crippen molar-refractivity contribution in [2.24, 2.45) is 0 Å². The fourth-order valence-corrected chi connectivity index (χ4v) is 2.02. The van der Waals surface area contributed by atoms with Crippen molar-refractivity contribution in [3.8, 4) is 0 Å². The summed E-state index contributed by atoms with van der Waals surface area (Å²) in [4.78, 5) is 24.4. The molecule has 1 aromatic heterocycles. The Morgan fingerprint density at radius 2 is 2.28 bits per heavy atom. The van der Waals surface area contributed by atoms with Crippen LogP contribution in [-0.4, -0.2) is 39.6 Å². The van der Waals surface area contributed by atoms with Gasteiger partial charge in [-0.2, -0.15) is 5.10 Å². The average molecular weight is 250 g/mol. The van der Waals surface area contributed by atoms with E-state index in [-0.39, 0.29) is 17.9 Å². The van der Waals surface area contributed by atoms with E-state index >= 15 is 0 Å². The SMILES string of the molecule is CCn1cc(CNC2CCC(=O)N(C)C2=O)cn1. The number of likely N-dealkylation sites (N-methyl/N-ethyl adjacent to an activating group) is 1. The van der Waals surface area contributed by atoms with Gasteiger partial charge in [-0.25, -0.2) is 0 Å². The number of aryl methyl sites for hydroxylation is 1. The van der Waals surface area contributed by atoms with E-state index in [1.807, 2.05) is 17.8 Å². The fourth-order valence-electron chi connectivity index (χ4n) is 2.02. The number of rotatable bonds is 4. The molecule has 1 aromatic rings. The summed E-state index contributed by atoms with van der Waals surface area (Å²) in [6, 6.07) is -0.266. The first kappa shape index (κ1) is 12.8. The van der Waals surface area contributed by atoms with Crippen LogP contribution in [0.4, 0.5) is 0 Å². The Bertz CT molecular complexity index is 455. The Kier molecular flexibility index (Phi) is 3.76. The lowest BCUT2D eigenvalue weighted by atomic mass is 10.0. The highest BCUT2D eigenvalue weighted by Gasteiger charge is 2.31. The number of nitrogens with one attached hydrogen (secondary N) is 1. The molecule has 0 spiro atoms. The second-order valence-electron chi connectivity index (χ2n) is 4.47. The zero-order chi connectivity index (χ0) is 13.1. The number of nitrogens with zero attached hydrogens (tertiary/aromatic N) is 3. The summed E-state index contributed by atoms with van der Waals surface area (Å²) in [7, 11) is 1.54. The second-order valence-corrected chi connectivity index (χ2v) is 4.47. The number of amides is 2. The van der Waals surface area contributed by atoms with E-state index in [0.29, 0.717) is 19.4 Å². The lowest BCUT2D eigenvalue weighted by Gasteiger charge is -2.28. The Hall–Kier alpha value is -1.69. The van der Waals surface area contributed by atoms with Gasteiger partial charge in [-0.3, -0.25) is 19.2 Å². The maximum absolute atomic E-state index is 11.8. The smallest absolute Gasteiger partial charge is 0.246 e. The Morgan fingerprint density at radius 3 is 2.94 bits per heavy atom. The molecule has 1 aliphatic rings. The molecule has 0 aliphatic carbocycles. The maximum Gasteiger partial charge on any atom is 0.246 e. The summed E-state index contributed by atoms with van der Waals surface area (Å²) in [6.07, 6.45) is 4.74. The van der Waals surface area contributed by atoms with Crippen LogP contribution in [0.3, 0.4) is 0 Å². The van der Waals surface area contributed by atoms with Gasteiger partial charge in [0.15, 0.2) is 0 Å². The van der Waals surface area contributed by atoms with E-state index in [4.69, 9.17) is 0 Å². The zero-order valence-corrected chi connectivity index (χ0v) is 10.7. The van der Waals surface area contributed by atoms with Crippen LogP contribution in [0, 0.1) is 0 Å². The summed E-state index contributed by atoms with van der Waals surface area (Å²) >= 11 is 0. The minimum Gasteiger partial charge on any atom is -0.302 e. The van der Waals surface area contributed by atoms with Crippen LogP contribution in [-0.2, 0) is 22.7 Å². The molecule has 1 N–H and O–H groups in total. The predicted molar refractivity (Wildman–Crippen MR) is 65.5 cm³/mol. The van der Waals surface area contributed by atoms with Gasteiger partial charge in [-0.05, 0) is 13.3 Å². The third-order valence-electron chi connectivity index (χ3n) is 3.21. The quantitative estimate of drug-likeness (QED) is 0.772. The third-order valence-corrected chi connectivity index (χ3v) is 3.21. The van der Waals surface area contributed by atoms with E-state index in [1.54, 1.807) is 6.20 Å². The fraction of sp³-hybridized carbons (Fsp3) is 0.583. The number of likely N-dealkylation sites (tertiary alicyclic amines) is 1. The molecule has 6 heteroatoms. The standard InChI is InChI=1S/C12H18N4O2/c1-3-16-8-9(7-14-16)6-13-10-4-5-11(17)15(2)12(10)18/h7-8,10,13H,3-6H2,1-2H3. The first-order valence-corrected chi connectivity index (χ1v) is 6.17. The van der Waals surface area contributed by atoms with Gasteiger partial charge in [0, 0.05) is 38.3 Å². The third kappa shape index (κ3) is 2.59. The molecule has 1 aliphatic heterocycles. The highest BCUT2D eigenvalue weighted by molar-refractivity contribution is 6.00. The minimum atomic E-state index is -0.266. The van der Waals surface area contributed by atoms with Crippen molar-refractivity contribution in [1.29, 1.82) is 0 Å². The molecule has 1 saturated heterocycles. The molecule has 0 radical (unpaired) electrons. The number of carbonyl (C=O) groups excluding carboxylic acids is 2. The van der Waals surface area contributed by atoms with Gasteiger partial charge in [0.25, 0.3) is 0 Å². The molecule has 2 amide bonds.